The average molecular weight is 465 g/mol. The number of aryl methyl sites for hydroxylation is 1. The maximum atomic E-state index is 13.3. The summed E-state index contributed by atoms with van der Waals surface area (Å²) in [6.45, 7) is 2.62. The number of benzene rings is 2. The van der Waals surface area contributed by atoms with Crippen molar-refractivity contribution in [1.82, 2.24) is 9.55 Å². The molecule has 0 unspecified atom stereocenters. The number of hydrogen-bond donors (Lipinski definition) is 3. The van der Waals surface area contributed by atoms with Gasteiger partial charge in [-0.15, -0.1) is 11.3 Å². The van der Waals surface area contributed by atoms with Crippen molar-refractivity contribution in [2.45, 2.75) is 20.0 Å². The van der Waals surface area contributed by atoms with Gasteiger partial charge in [-0.2, -0.15) is 0 Å². The Labute approximate surface area is 193 Å². The van der Waals surface area contributed by atoms with E-state index in [-0.39, 0.29) is 30.6 Å². The lowest BCUT2D eigenvalue weighted by molar-refractivity contribution is 0.102. The Morgan fingerprint density at radius 1 is 1.09 bits per heavy atom. The van der Waals surface area contributed by atoms with Crippen LogP contribution in [-0.4, -0.2) is 29.2 Å². The summed E-state index contributed by atoms with van der Waals surface area (Å²) >= 11 is 1.37. The van der Waals surface area contributed by atoms with Crippen LogP contribution in [0.25, 0.3) is 10.1 Å². The topological polar surface area (TPSA) is 105 Å². The van der Waals surface area contributed by atoms with Crippen LogP contribution in [0.5, 0.6) is 0 Å². The molecular weight excluding hydrogens is 440 g/mol. The van der Waals surface area contributed by atoms with Gasteiger partial charge in [0.25, 0.3) is 11.5 Å². The Bertz CT molecular complexity index is 1410. The molecule has 0 saturated heterocycles. The summed E-state index contributed by atoms with van der Waals surface area (Å²) in [4.78, 5) is 41.5. The second-order valence-corrected chi connectivity index (χ2v) is 8.53. The third-order valence-corrected chi connectivity index (χ3v) is 6.58. The van der Waals surface area contributed by atoms with Crippen molar-refractivity contribution in [3.63, 3.8) is 0 Å². The molecule has 3 N–H and O–H groups in total. The molecule has 0 aliphatic heterocycles. The van der Waals surface area contributed by atoms with E-state index >= 15 is 0 Å². The van der Waals surface area contributed by atoms with Crippen LogP contribution in [0, 0.1) is 6.92 Å². The number of amides is 1. The number of hydrogen-bond acceptors (Lipinski definition) is 6. The summed E-state index contributed by atoms with van der Waals surface area (Å²) in [7, 11) is 1.52. The second-order valence-electron chi connectivity index (χ2n) is 7.47. The monoisotopic (exact) mass is 464 g/mol. The van der Waals surface area contributed by atoms with E-state index in [1.807, 2.05) is 61.5 Å². The number of anilines is 2. The third kappa shape index (κ3) is 4.74. The maximum absolute atomic E-state index is 13.3. The number of thiophene rings is 1. The molecule has 0 fully saturated rings. The van der Waals surface area contributed by atoms with Crippen LogP contribution in [-0.2, 0) is 17.8 Å². The van der Waals surface area contributed by atoms with Crippen LogP contribution in [0.3, 0.4) is 0 Å². The van der Waals surface area contributed by atoms with Crippen LogP contribution < -0.4 is 21.9 Å². The Morgan fingerprint density at radius 3 is 2.55 bits per heavy atom. The Morgan fingerprint density at radius 2 is 1.82 bits per heavy atom. The second kappa shape index (κ2) is 9.85. The molecule has 9 heteroatoms. The van der Waals surface area contributed by atoms with E-state index in [1.54, 1.807) is 0 Å². The first kappa shape index (κ1) is 22.5. The Balaban J connectivity index is 1.74. The fraction of sp³-hybridized carbons (Fsp3) is 0.208. The molecule has 2 aromatic carbocycles. The predicted octanol–water partition coefficient (Wildman–Crippen LogP) is 3.57. The number of nitrogens with one attached hydrogen (secondary N) is 3. The molecule has 0 saturated carbocycles. The van der Waals surface area contributed by atoms with Crippen LogP contribution in [0.15, 0.2) is 64.2 Å². The molecule has 4 aromatic rings. The zero-order valence-electron chi connectivity index (χ0n) is 18.3. The van der Waals surface area contributed by atoms with E-state index in [4.69, 9.17) is 4.74 Å². The van der Waals surface area contributed by atoms with E-state index in [0.717, 1.165) is 21.2 Å². The van der Waals surface area contributed by atoms with E-state index in [9.17, 15) is 14.4 Å². The van der Waals surface area contributed by atoms with Crippen LogP contribution in [0.2, 0.25) is 0 Å². The molecule has 8 nitrogen and oxygen atoms in total. The third-order valence-electron chi connectivity index (χ3n) is 5.31. The smallest absolute Gasteiger partial charge is 0.330 e. The minimum Gasteiger partial charge on any atom is -0.383 e. The van der Waals surface area contributed by atoms with Crippen molar-refractivity contribution in [3.05, 3.63) is 91.4 Å². The van der Waals surface area contributed by atoms with E-state index in [0.29, 0.717) is 11.4 Å². The summed E-state index contributed by atoms with van der Waals surface area (Å²) in [6.07, 6.45) is 0. The number of rotatable bonds is 8. The van der Waals surface area contributed by atoms with Gasteiger partial charge in [-0.3, -0.25) is 19.1 Å². The first-order valence-electron chi connectivity index (χ1n) is 10.4. The number of fused-ring (bicyclic) bond motifs is 1. The van der Waals surface area contributed by atoms with Crippen molar-refractivity contribution in [2.75, 3.05) is 24.4 Å². The van der Waals surface area contributed by atoms with Crippen molar-refractivity contribution < 1.29 is 9.53 Å². The first-order chi connectivity index (χ1) is 16.0. The number of nitrogens with zero attached hydrogens (tertiary/aromatic N) is 1. The predicted molar refractivity (Wildman–Crippen MR) is 131 cm³/mol. The summed E-state index contributed by atoms with van der Waals surface area (Å²) in [5.41, 5.74) is 0.687. The molecule has 1 amide bonds. The fourth-order valence-electron chi connectivity index (χ4n) is 3.60. The van der Waals surface area contributed by atoms with Gasteiger partial charge in [0.2, 0.25) is 0 Å². The molecule has 0 bridgehead atoms. The normalized spacial score (nSPS) is 11.0. The number of H-pyrrole nitrogens is 1. The highest BCUT2D eigenvalue weighted by Crippen LogP contribution is 2.31. The highest BCUT2D eigenvalue weighted by molar-refractivity contribution is 7.21. The van der Waals surface area contributed by atoms with Crippen LogP contribution >= 0.6 is 11.3 Å². The molecule has 0 aliphatic rings. The van der Waals surface area contributed by atoms with Gasteiger partial charge in [0, 0.05) is 18.4 Å². The van der Waals surface area contributed by atoms with E-state index < -0.39 is 11.2 Å². The Kier molecular flexibility index (Phi) is 6.71. The van der Waals surface area contributed by atoms with Gasteiger partial charge in [-0.25, -0.2) is 4.79 Å². The lowest BCUT2D eigenvalue weighted by atomic mass is 10.1. The van der Waals surface area contributed by atoms with Crippen LogP contribution in [0.1, 0.15) is 20.8 Å². The highest BCUT2D eigenvalue weighted by Gasteiger charge is 2.21. The van der Waals surface area contributed by atoms with Crippen molar-refractivity contribution in [2.24, 2.45) is 0 Å². The SMILES string of the molecule is COCCn1c(NC(=O)c2sc3ccccc3c2C)c(NCc2ccccc2)c(=O)[nH]c1=O. The summed E-state index contributed by atoms with van der Waals surface area (Å²) in [5, 5.41) is 6.90. The van der Waals surface area contributed by atoms with Gasteiger partial charge in [0.1, 0.15) is 11.5 Å². The van der Waals surface area contributed by atoms with Gasteiger partial charge < -0.3 is 15.4 Å². The fourth-order valence-corrected chi connectivity index (χ4v) is 4.71. The van der Waals surface area contributed by atoms with Gasteiger partial charge in [-0.05, 0) is 29.5 Å². The summed E-state index contributed by atoms with van der Waals surface area (Å²) < 4.78 is 7.42. The molecule has 0 aliphatic carbocycles. The maximum Gasteiger partial charge on any atom is 0.330 e. The number of ether oxygens (including phenoxy) is 1. The van der Waals surface area contributed by atoms with Crippen molar-refractivity contribution in [1.29, 1.82) is 0 Å². The van der Waals surface area contributed by atoms with Gasteiger partial charge in [0.05, 0.1) is 18.0 Å². The summed E-state index contributed by atoms with van der Waals surface area (Å²) in [6, 6.07) is 17.3. The van der Waals surface area contributed by atoms with E-state index in [1.165, 1.54) is 23.0 Å². The lowest BCUT2D eigenvalue weighted by Crippen LogP contribution is -2.36. The minimum absolute atomic E-state index is 0.110. The molecule has 2 aromatic heterocycles. The quantitative estimate of drug-likeness (QED) is 0.370. The molecular formula is C24H24N4O4S. The molecule has 2 heterocycles. The van der Waals surface area contributed by atoms with Crippen LogP contribution in [0.4, 0.5) is 11.5 Å². The number of aromatic nitrogens is 2. The molecule has 0 atom stereocenters. The Hall–Kier alpha value is -3.69. The molecule has 0 spiro atoms. The minimum atomic E-state index is -0.620. The van der Waals surface area contributed by atoms with Gasteiger partial charge in [-0.1, -0.05) is 48.5 Å². The molecule has 33 heavy (non-hydrogen) atoms. The number of carbonyl (C=O) groups excluding carboxylic acids is 1. The standard InChI is InChI=1S/C24H24N4O4S/c1-15-17-10-6-7-11-18(17)33-20(15)23(30)26-21-19(25-14-16-8-4-3-5-9-16)22(29)27-24(31)28(21)12-13-32-2/h3-11,25H,12-14H2,1-2H3,(H,26,30)(H,27,29,31). The van der Waals surface area contributed by atoms with Crippen molar-refractivity contribution in [3.8, 4) is 0 Å². The number of carbonyl (C=O) groups is 1. The van der Waals surface area contributed by atoms with Gasteiger partial charge >= 0.3 is 5.69 Å². The average Bonchev–Trinajstić information content (AvgIpc) is 3.16. The first-order valence-corrected chi connectivity index (χ1v) is 11.2. The summed E-state index contributed by atoms with van der Waals surface area (Å²) in [5.74, 6) is -0.272. The van der Waals surface area contributed by atoms with Gasteiger partial charge in [0.15, 0.2) is 0 Å². The zero-order valence-corrected chi connectivity index (χ0v) is 19.1. The molecule has 170 valence electrons. The zero-order chi connectivity index (χ0) is 23.4. The van der Waals surface area contributed by atoms with E-state index in [2.05, 4.69) is 15.6 Å². The molecule has 4 rings (SSSR count). The van der Waals surface area contributed by atoms with Crippen molar-refractivity contribution >= 4 is 38.8 Å². The number of aromatic amines is 1. The molecule has 0 radical (unpaired) electrons. The highest BCUT2D eigenvalue weighted by atomic mass is 32.1. The number of methoxy groups -OCH3 is 1. The lowest BCUT2D eigenvalue weighted by Gasteiger charge is -2.17. The largest absolute Gasteiger partial charge is 0.383 e.